The molecular formula is C32H45N3O9S. The van der Waals surface area contributed by atoms with Crippen LogP contribution in [0.2, 0.25) is 0 Å². The van der Waals surface area contributed by atoms with Crippen molar-refractivity contribution in [1.29, 1.82) is 0 Å². The van der Waals surface area contributed by atoms with Crippen LogP contribution in [0.25, 0.3) is 0 Å². The maximum Gasteiger partial charge on any atom is 0.407 e. The summed E-state index contributed by atoms with van der Waals surface area (Å²) in [5, 5.41) is 22.6. The van der Waals surface area contributed by atoms with Gasteiger partial charge in [-0.1, -0.05) is 50.6 Å². The van der Waals surface area contributed by atoms with Gasteiger partial charge in [0.05, 0.1) is 36.3 Å². The summed E-state index contributed by atoms with van der Waals surface area (Å²) in [7, 11) is -4.16. The number of hydrogen-bond acceptors (Lipinski definition) is 9. The number of amides is 1. The van der Waals surface area contributed by atoms with E-state index in [1.807, 2.05) is 44.2 Å². The molecule has 2 fully saturated rings. The molecule has 1 amide bonds. The molecule has 3 heterocycles. The second-order valence-electron chi connectivity index (χ2n) is 12.8. The summed E-state index contributed by atoms with van der Waals surface area (Å²) in [5.41, 5.74) is 6.07. The minimum absolute atomic E-state index is 0.000597. The van der Waals surface area contributed by atoms with Gasteiger partial charge < -0.3 is 34.9 Å². The van der Waals surface area contributed by atoms with Crippen molar-refractivity contribution in [3.8, 4) is 11.5 Å². The van der Waals surface area contributed by atoms with E-state index in [0.29, 0.717) is 37.5 Å². The van der Waals surface area contributed by atoms with Crippen LogP contribution in [0.1, 0.15) is 45.1 Å². The molecule has 2 aromatic carbocycles. The molecule has 45 heavy (non-hydrogen) atoms. The molecule has 2 aromatic rings. The van der Waals surface area contributed by atoms with Crippen molar-refractivity contribution in [3.05, 3.63) is 54.1 Å². The molecule has 0 saturated carbocycles. The van der Waals surface area contributed by atoms with Gasteiger partial charge in [-0.05, 0) is 55.3 Å². The Morgan fingerprint density at radius 3 is 2.58 bits per heavy atom. The van der Waals surface area contributed by atoms with Crippen LogP contribution in [0.5, 0.6) is 11.5 Å². The SMILES string of the molecule is CC(C)(CCCCN)CN(C[C@@H](O)[C@H](Cc1ccccc1)N(C(=O)O)[C@H]1CO[C@H]2OCC[C@H]21)S(=O)(=O)c1ccc2c(c1)OCO2. The van der Waals surface area contributed by atoms with Crippen LogP contribution in [0.4, 0.5) is 4.79 Å². The monoisotopic (exact) mass is 647 g/mol. The molecule has 0 bridgehead atoms. The number of carbonyl (C=O) groups is 1. The van der Waals surface area contributed by atoms with Crippen LogP contribution >= 0.6 is 0 Å². The van der Waals surface area contributed by atoms with E-state index in [1.54, 1.807) is 6.07 Å². The highest BCUT2D eigenvalue weighted by molar-refractivity contribution is 7.89. The number of aliphatic hydroxyl groups excluding tert-OH is 1. The Balaban J connectivity index is 1.48. The van der Waals surface area contributed by atoms with Crippen LogP contribution in [0.3, 0.4) is 0 Å². The van der Waals surface area contributed by atoms with Gasteiger partial charge in [0.15, 0.2) is 17.8 Å². The molecule has 0 spiro atoms. The van der Waals surface area contributed by atoms with Gasteiger partial charge in [0.1, 0.15) is 0 Å². The third-order valence-electron chi connectivity index (χ3n) is 8.96. The van der Waals surface area contributed by atoms with Gasteiger partial charge in [-0.15, -0.1) is 0 Å². The molecule has 5 atom stereocenters. The minimum atomic E-state index is -4.16. The van der Waals surface area contributed by atoms with Crippen molar-refractivity contribution < 1.29 is 42.4 Å². The average Bonchev–Trinajstić information content (AvgIpc) is 3.75. The van der Waals surface area contributed by atoms with Gasteiger partial charge in [-0.2, -0.15) is 4.31 Å². The molecule has 0 aromatic heterocycles. The molecule has 0 aliphatic carbocycles. The van der Waals surface area contributed by atoms with Crippen molar-refractivity contribution in [2.45, 2.75) is 75.3 Å². The van der Waals surface area contributed by atoms with Crippen molar-refractivity contribution in [3.63, 3.8) is 0 Å². The van der Waals surface area contributed by atoms with E-state index in [-0.39, 0.29) is 43.7 Å². The number of nitrogens with zero attached hydrogens (tertiary/aromatic N) is 2. The predicted octanol–water partition coefficient (Wildman–Crippen LogP) is 3.27. The number of hydrogen-bond donors (Lipinski definition) is 3. The summed E-state index contributed by atoms with van der Waals surface area (Å²) in [6, 6.07) is 12.2. The first-order chi connectivity index (χ1) is 21.5. The first-order valence-electron chi connectivity index (χ1n) is 15.6. The predicted molar refractivity (Wildman–Crippen MR) is 165 cm³/mol. The summed E-state index contributed by atoms with van der Waals surface area (Å²) >= 11 is 0. The first-order valence-corrected chi connectivity index (χ1v) is 17.0. The van der Waals surface area contributed by atoms with Gasteiger partial charge in [-0.3, -0.25) is 4.90 Å². The van der Waals surface area contributed by atoms with Gasteiger partial charge in [-0.25, -0.2) is 13.2 Å². The van der Waals surface area contributed by atoms with Crippen molar-refractivity contribution >= 4 is 16.1 Å². The molecule has 13 heteroatoms. The number of carboxylic acid groups (broad SMARTS) is 1. The third kappa shape index (κ3) is 7.72. The van der Waals surface area contributed by atoms with Crippen molar-refractivity contribution in [2.75, 3.05) is 39.6 Å². The number of sulfonamides is 1. The smallest absolute Gasteiger partial charge is 0.407 e. The van der Waals surface area contributed by atoms with Crippen LogP contribution in [0, 0.1) is 11.3 Å². The fourth-order valence-electron chi connectivity index (χ4n) is 6.60. The highest BCUT2D eigenvalue weighted by Gasteiger charge is 2.49. The molecule has 12 nitrogen and oxygen atoms in total. The lowest BCUT2D eigenvalue weighted by atomic mass is 9.87. The maximum atomic E-state index is 14.3. The number of benzene rings is 2. The molecule has 5 rings (SSSR count). The standard InChI is InChI=1S/C32H45N3O9S/c1-32(2,13-6-7-14-33)20-34(45(39,40)23-10-11-28-29(17-23)44-21-43-28)18-27(36)25(16-22-8-4-3-5-9-22)35(31(37)38)26-19-42-30-24(26)12-15-41-30/h3-5,8-11,17,24-27,30,36H,6-7,12-16,18-21,33H2,1-2H3,(H,37,38)/t24-,25-,26-,27+,30+/m0/s1. The third-order valence-corrected chi connectivity index (χ3v) is 10.8. The van der Waals surface area contributed by atoms with E-state index in [1.165, 1.54) is 21.3 Å². The van der Waals surface area contributed by atoms with E-state index < -0.39 is 46.0 Å². The summed E-state index contributed by atoms with van der Waals surface area (Å²) in [6.07, 6.45) is 0.0848. The Bertz CT molecular complexity index is 1410. The molecular weight excluding hydrogens is 602 g/mol. The fourth-order valence-corrected chi connectivity index (χ4v) is 8.27. The number of ether oxygens (including phenoxy) is 4. The largest absolute Gasteiger partial charge is 0.465 e. The van der Waals surface area contributed by atoms with E-state index in [9.17, 15) is 23.4 Å². The number of nitrogens with two attached hydrogens (primary N) is 1. The topological polar surface area (TPSA) is 161 Å². The second-order valence-corrected chi connectivity index (χ2v) is 14.8. The Hall–Kier alpha value is -2.94. The lowest BCUT2D eigenvalue weighted by Gasteiger charge is -2.40. The lowest BCUT2D eigenvalue weighted by Crippen LogP contribution is -2.58. The van der Waals surface area contributed by atoms with Gasteiger partial charge in [0.25, 0.3) is 0 Å². The van der Waals surface area contributed by atoms with Crippen molar-refractivity contribution in [2.24, 2.45) is 17.1 Å². The van der Waals surface area contributed by atoms with E-state index in [4.69, 9.17) is 24.7 Å². The number of unbranched alkanes of at least 4 members (excludes halogenated alkanes) is 1. The molecule has 248 valence electrons. The average molecular weight is 648 g/mol. The Morgan fingerprint density at radius 2 is 1.84 bits per heavy atom. The number of aliphatic hydroxyl groups is 1. The Morgan fingerprint density at radius 1 is 1.09 bits per heavy atom. The summed E-state index contributed by atoms with van der Waals surface area (Å²) in [5.74, 6) is 0.601. The normalized spacial score (nSPS) is 22.4. The van der Waals surface area contributed by atoms with Crippen LogP contribution in [-0.2, 0) is 25.9 Å². The highest BCUT2D eigenvalue weighted by atomic mass is 32.2. The van der Waals surface area contributed by atoms with Gasteiger partial charge >= 0.3 is 6.09 Å². The lowest BCUT2D eigenvalue weighted by molar-refractivity contribution is -0.0906. The molecule has 0 unspecified atom stereocenters. The van der Waals surface area contributed by atoms with Crippen molar-refractivity contribution in [1.82, 2.24) is 9.21 Å². The first kappa shape index (κ1) is 33.4. The zero-order valence-corrected chi connectivity index (χ0v) is 26.7. The van der Waals surface area contributed by atoms with E-state index in [2.05, 4.69) is 0 Å². The molecule has 0 radical (unpaired) electrons. The number of rotatable bonds is 15. The molecule has 4 N–H and O–H groups in total. The highest BCUT2D eigenvalue weighted by Crippen LogP contribution is 2.38. The maximum absolute atomic E-state index is 14.3. The summed E-state index contributed by atoms with van der Waals surface area (Å²) in [4.78, 5) is 14.2. The summed E-state index contributed by atoms with van der Waals surface area (Å²) in [6.45, 7) is 4.88. The summed E-state index contributed by atoms with van der Waals surface area (Å²) < 4.78 is 52.2. The fraction of sp³-hybridized carbons (Fsp3) is 0.594. The second kappa shape index (κ2) is 14.2. The zero-order valence-electron chi connectivity index (χ0n) is 25.9. The molecule has 3 aliphatic rings. The van der Waals surface area contributed by atoms with Crippen LogP contribution in [-0.4, -0.2) is 98.0 Å². The minimum Gasteiger partial charge on any atom is -0.465 e. The van der Waals surface area contributed by atoms with Crippen LogP contribution in [0.15, 0.2) is 53.4 Å². The van der Waals surface area contributed by atoms with Gasteiger partial charge in [0, 0.05) is 25.1 Å². The van der Waals surface area contributed by atoms with Gasteiger partial charge in [0.2, 0.25) is 16.8 Å². The van der Waals surface area contributed by atoms with E-state index in [0.717, 1.165) is 18.4 Å². The molecule has 3 aliphatic heterocycles. The van der Waals surface area contributed by atoms with Crippen LogP contribution < -0.4 is 15.2 Å². The molecule has 2 saturated heterocycles. The van der Waals surface area contributed by atoms with E-state index >= 15 is 0 Å². The Labute approximate surface area is 265 Å². The Kier molecular flexibility index (Phi) is 10.6. The number of fused-ring (bicyclic) bond motifs is 2. The quantitative estimate of drug-likeness (QED) is 0.245. The zero-order chi connectivity index (χ0) is 32.2.